The molecule has 3 aliphatic rings. The van der Waals surface area contributed by atoms with Crippen molar-refractivity contribution in [1.29, 1.82) is 0 Å². The van der Waals surface area contributed by atoms with Gasteiger partial charge in [-0.25, -0.2) is 0 Å². The van der Waals surface area contributed by atoms with E-state index in [1.165, 1.54) is 7.11 Å². The minimum Gasteiger partial charge on any atom is -0.469 e. The lowest BCUT2D eigenvalue weighted by Gasteiger charge is -2.31. The third-order valence-electron chi connectivity index (χ3n) is 9.13. The number of benzene rings is 2. The number of aliphatic hydroxyl groups is 2. The van der Waals surface area contributed by atoms with Gasteiger partial charge < -0.3 is 24.7 Å². The van der Waals surface area contributed by atoms with E-state index in [4.69, 9.17) is 4.74 Å². The number of fused-ring (bicyclic) bond motifs is 2. The van der Waals surface area contributed by atoms with Gasteiger partial charge in [-0.2, -0.15) is 0 Å². The van der Waals surface area contributed by atoms with Crippen LogP contribution in [0.4, 0.5) is 17.1 Å². The summed E-state index contributed by atoms with van der Waals surface area (Å²) in [6.45, 7) is 2.57. The van der Waals surface area contributed by atoms with E-state index in [1.807, 2.05) is 24.3 Å². The van der Waals surface area contributed by atoms with Crippen molar-refractivity contribution in [1.82, 2.24) is 4.90 Å². The Kier molecular flexibility index (Phi) is 9.51. The summed E-state index contributed by atoms with van der Waals surface area (Å²) in [6, 6.07) is 12.8. The van der Waals surface area contributed by atoms with Crippen molar-refractivity contribution in [2.45, 2.75) is 69.9 Å². The number of methoxy groups -OCH3 is 1. The fraction of sp³-hybridized carbons (Fsp3) is 0.471. The lowest BCUT2D eigenvalue weighted by atomic mass is 9.82. The fourth-order valence-electron chi connectivity index (χ4n) is 6.63. The third kappa shape index (κ3) is 5.88. The number of carbonyl (C=O) groups is 4. The first-order chi connectivity index (χ1) is 21.2. The minimum absolute atomic E-state index is 0.0641. The van der Waals surface area contributed by atoms with Crippen LogP contribution in [0.25, 0.3) is 0 Å². The van der Waals surface area contributed by atoms with Crippen molar-refractivity contribution >= 4 is 40.8 Å². The monoisotopic (exact) mass is 603 g/mol. The van der Waals surface area contributed by atoms with Crippen LogP contribution in [0, 0.1) is 5.92 Å². The Labute approximate surface area is 257 Å². The van der Waals surface area contributed by atoms with Gasteiger partial charge in [0, 0.05) is 49.5 Å². The molecule has 2 aromatic rings. The highest BCUT2D eigenvalue weighted by Gasteiger charge is 2.52. The summed E-state index contributed by atoms with van der Waals surface area (Å²) in [5, 5.41) is 21.8. The quantitative estimate of drug-likeness (QED) is 0.228. The Bertz CT molecular complexity index is 1460. The molecule has 2 N–H and O–H groups in total. The normalized spacial score (nSPS) is 22.0. The second-order valence-electron chi connectivity index (χ2n) is 11.8. The smallest absolute Gasteiger partial charge is 0.305 e. The molecule has 3 atom stereocenters. The molecule has 44 heavy (non-hydrogen) atoms. The molecule has 0 bridgehead atoms. The first-order valence-electron chi connectivity index (χ1n) is 15.4. The van der Waals surface area contributed by atoms with E-state index >= 15 is 0 Å². The largest absolute Gasteiger partial charge is 0.469 e. The van der Waals surface area contributed by atoms with Crippen LogP contribution >= 0.6 is 0 Å². The highest BCUT2D eigenvalue weighted by molar-refractivity contribution is 6.09. The van der Waals surface area contributed by atoms with E-state index in [0.717, 1.165) is 24.1 Å². The Morgan fingerprint density at radius 3 is 2.68 bits per heavy atom. The number of aliphatic hydroxyl groups excluding tert-OH is 1. The molecule has 3 heterocycles. The number of rotatable bonds is 11. The highest BCUT2D eigenvalue weighted by atomic mass is 16.5. The molecular formula is C34H41N3O7. The van der Waals surface area contributed by atoms with Crippen molar-refractivity contribution in [3.63, 3.8) is 0 Å². The average Bonchev–Trinajstić information content (AvgIpc) is 3.60. The summed E-state index contributed by atoms with van der Waals surface area (Å²) < 4.78 is 4.73. The lowest BCUT2D eigenvalue weighted by molar-refractivity contribution is -0.140. The zero-order valence-electron chi connectivity index (χ0n) is 25.4. The Hall–Kier alpha value is -4.02. The van der Waals surface area contributed by atoms with Gasteiger partial charge in [0.15, 0.2) is 5.60 Å². The van der Waals surface area contributed by atoms with Gasteiger partial charge in [-0.15, -0.1) is 0 Å². The molecule has 3 amide bonds. The number of esters is 1. The summed E-state index contributed by atoms with van der Waals surface area (Å²) in [4.78, 5) is 56.5. The maximum Gasteiger partial charge on any atom is 0.305 e. The van der Waals surface area contributed by atoms with Crippen LogP contribution in [0.1, 0.15) is 63.0 Å². The zero-order valence-corrected chi connectivity index (χ0v) is 25.4. The molecule has 0 aliphatic carbocycles. The van der Waals surface area contributed by atoms with E-state index in [9.17, 15) is 29.4 Å². The van der Waals surface area contributed by atoms with Crippen molar-refractivity contribution in [2.24, 2.45) is 5.92 Å². The van der Waals surface area contributed by atoms with Gasteiger partial charge in [0.1, 0.15) is 0 Å². The molecule has 1 saturated heterocycles. The van der Waals surface area contributed by atoms with Gasteiger partial charge in [0.05, 0.1) is 31.1 Å². The number of nitrogens with zero attached hydrogens (tertiary/aromatic N) is 3. The number of likely N-dealkylation sites (tertiary alicyclic amines) is 1. The molecule has 2 aromatic carbocycles. The summed E-state index contributed by atoms with van der Waals surface area (Å²) >= 11 is 0. The third-order valence-corrected chi connectivity index (χ3v) is 9.13. The van der Waals surface area contributed by atoms with Crippen LogP contribution in [0.5, 0.6) is 0 Å². The van der Waals surface area contributed by atoms with Gasteiger partial charge in [0.2, 0.25) is 11.8 Å². The summed E-state index contributed by atoms with van der Waals surface area (Å²) in [5.41, 5.74) is 1.41. The number of carbonyl (C=O) groups excluding carboxylic acids is 4. The van der Waals surface area contributed by atoms with Crippen LogP contribution < -0.4 is 9.80 Å². The first kappa shape index (κ1) is 31.4. The zero-order chi connectivity index (χ0) is 31.4. The maximum absolute atomic E-state index is 14.0. The SMILES string of the molecule is COC(=O)CCCCN1C(=O)[C@@](O)([C@@H](C)/C=C/CC(=O)N2CCC[C@H]2CO)c2cc(N3C(=O)CCc4ccccc43)ccc21. The van der Waals surface area contributed by atoms with Crippen LogP contribution in [-0.2, 0) is 35.9 Å². The maximum atomic E-state index is 14.0. The van der Waals surface area contributed by atoms with Crippen LogP contribution in [0.15, 0.2) is 54.6 Å². The number of hydrogen-bond donors (Lipinski definition) is 2. The molecule has 3 aliphatic heterocycles. The van der Waals surface area contributed by atoms with Gasteiger partial charge >= 0.3 is 5.97 Å². The number of para-hydroxylation sites is 1. The van der Waals surface area contributed by atoms with Gasteiger partial charge in [-0.05, 0) is 61.9 Å². The molecule has 0 spiro atoms. The predicted molar refractivity (Wildman–Crippen MR) is 165 cm³/mol. The standard InChI is InChI=1S/C34H41N3O7/c1-23(9-7-13-30(39)35-20-8-11-26(35)22-38)34(43)27-21-25(37-28-12-4-3-10-24(28)15-18-31(37)40)16-17-29(27)36(33(34)42)19-6-5-14-32(41)44-2/h3-4,7,9-10,12,16-17,21,23,26,38,43H,5-6,8,11,13-15,18-20,22H2,1-2H3/b9-7+/t23-,26-,34+/m0/s1. The summed E-state index contributed by atoms with van der Waals surface area (Å²) in [7, 11) is 1.34. The van der Waals surface area contributed by atoms with Crippen molar-refractivity contribution in [3.05, 3.63) is 65.7 Å². The molecule has 0 saturated carbocycles. The second kappa shape index (κ2) is 13.3. The molecule has 0 aromatic heterocycles. The number of anilines is 3. The molecule has 10 nitrogen and oxygen atoms in total. The van der Waals surface area contributed by atoms with E-state index in [1.54, 1.807) is 52.0 Å². The number of amides is 3. The fourth-order valence-corrected chi connectivity index (χ4v) is 6.63. The Balaban J connectivity index is 1.44. The average molecular weight is 604 g/mol. The summed E-state index contributed by atoms with van der Waals surface area (Å²) in [6.07, 6.45) is 7.36. The van der Waals surface area contributed by atoms with Crippen molar-refractivity contribution in [2.75, 3.05) is 36.6 Å². The Morgan fingerprint density at radius 2 is 1.91 bits per heavy atom. The lowest BCUT2D eigenvalue weighted by Crippen LogP contribution is -2.44. The number of ether oxygens (including phenoxy) is 1. The second-order valence-corrected chi connectivity index (χ2v) is 11.8. The number of aryl methyl sites for hydroxylation is 1. The van der Waals surface area contributed by atoms with E-state index < -0.39 is 17.4 Å². The molecule has 0 radical (unpaired) electrons. The van der Waals surface area contributed by atoms with Gasteiger partial charge in [-0.3, -0.25) is 24.1 Å². The predicted octanol–water partition coefficient (Wildman–Crippen LogP) is 3.74. The number of hydrogen-bond acceptors (Lipinski definition) is 7. The van der Waals surface area contributed by atoms with E-state index in [-0.39, 0.29) is 43.3 Å². The molecule has 1 fully saturated rings. The Morgan fingerprint density at radius 1 is 1.11 bits per heavy atom. The van der Waals surface area contributed by atoms with E-state index in [2.05, 4.69) is 0 Å². The summed E-state index contributed by atoms with van der Waals surface area (Å²) in [5.74, 6) is -1.68. The van der Waals surface area contributed by atoms with Gasteiger partial charge in [0.25, 0.3) is 5.91 Å². The van der Waals surface area contributed by atoms with Crippen LogP contribution in [0.2, 0.25) is 0 Å². The highest BCUT2D eigenvalue weighted by Crippen LogP contribution is 2.48. The number of unbranched alkanes of at least 4 members (excludes halogenated alkanes) is 1. The first-order valence-corrected chi connectivity index (χ1v) is 15.4. The van der Waals surface area contributed by atoms with Crippen LogP contribution in [-0.4, -0.2) is 71.7 Å². The molecule has 0 unspecified atom stereocenters. The van der Waals surface area contributed by atoms with Crippen LogP contribution in [0.3, 0.4) is 0 Å². The topological polar surface area (TPSA) is 128 Å². The van der Waals surface area contributed by atoms with Gasteiger partial charge in [-0.1, -0.05) is 37.3 Å². The molecule has 5 rings (SSSR count). The van der Waals surface area contributed by atoms with E-state index in [0.29, 0.717) is 55.7 Å². The van der Waals surface area contributed by atoms with Crippen molar-refractivity contribution in [3.8, 4) is 0 Å². The molecule has 10 heteroatoms. The minimum atomic E-state index is -1.94. The van der Waals surface area contributed by atoms with Crippen molar-refractivity contribution < 1.29 is 34.1 Å². The molecular weight excluding hydrogens is 562 g/mol. The molecule has 234 valence electrons.